The number of pyridine rings is 1. The van der Waals surface area contributed by atoms with Gasteiger partial charge >= 0.3 is 6.36 Å². The summed E-state index contributed by atoms with van der Waals surface area (Å²) in [5.74, 6) is 0.421. The Kier molecular flexibility index (Phi) is 7.74. The van der Waals surface area contributed by atoms with Crippen LogP contribution in [0.25, 0.3) is 21.1 Å². The van der Waals surface area contributed by atoms with Gasteiger partial charge in [-0.3, -0.25) is 4.98 Å². The van der Waals surface area contributed by atoms with E-state index >= 15 is 0 Å². The first-order valence-corrected chi connectivity index (χ1v) is 13.3. The number of nitrogens with zero attached hydrogens (tertiary/aromatic N) is 5. The van der Waals surface area contributed by atoms with Crippen molar-refractivity contribution < 1.29 is 22.6 Å². The molecular formula is C27H27F3N6O2S. The number of alkyl halides is 3. The van der Waals surface area contributed by atoms with E-state index in [9.17, 15) is 18.4 Å². The number of likely N-dealkylation sites (N-methyl/N-ethyl adjacent to an activating group) is 1. The second-order valence-electron chi connectivity index (χ2n) is 9.46. The highest BCUT2D eigenvalue weighted by molar-refractivity contribution is 7.22. The summed E-state index contributed by atoms with van der Waals surface area (Å²) in [6.45, 7) is 7.84. The molecule has 8 nitrogen and oxygen atoms in total. The van der Waals surface area contributed by atoms with Gasteiger partial charge in [0.15, 0.2) is 5.13 Å². The predicted octanol–water partition coefficient (Wildman–Crippen LogP) is 5.68. The minimum absolute atomic E-state index is 0.316. The highest BCUT2D eigenvalue weighted by Crippen LogP contribution is 2.37. The lowest BCUT2D eigenvalue weighted by Crippen LogP contribution is -2.44. The number of piperazine rings is 1. The summed E-state index contributed by atoms with van der Waals surface area (Å²) in [5, 5.41) is 14.1. The van der Waals surface area contributed by atoms with Crippen LogP contribution in [-0.4, -0.2) is 72.5 Å². The fourth-order valence-corrected chi connectivity index (χ4v) is 5.41. The standard InChI is InChI=1S/C27H27F3N6O2S/c1-17-12-20-22(14-23(17)37-11-3-6-36-9-7-35(2)8-10-36)32-16-18(15-31)25(20)34-26-33-21-5-4-19(13-24(21)39-26)38-27(28,29)30/h4-5,12-14,16H,3,6-11H2,1-2H3,(H,32,33,34). The number of nitrogens with one attached hydrogen (secondary N) is 1. The normalized spacial score (nSPS) is 15.0. The van der Waals surface area contributed by atoms with E-state index in [1.165, 1.54) is 24.4 Å². The number of anilines is 2. The molecule has 1 aliphatic heterocycles. The van der Waals surface area contributed by atoms with Crippen LogP contribution < -0.4 is 14.8 Å². The van der Waals surface area contributed by atoms with E-state index in [2.05, 4.69) is 42.9 Å². The quantitative estimate of drug-likeness (QED) is 0.277. The smallest absolute Gasteiger partial charge is 0.493 e. The van der Waals surface area contributed by atoms with Crippen molar-refractivity contribution in [1.29, 1.82) is 5.26 Å². The number of hydrogen-bond acceptors (Lipinski definition) is 9. The molecule has 2 aromatic carbocycles. The largest absolute Gasteiger partial charge is 0.573 e. The first kappa shape index (κ1) is 26.9. The van der Waals surface area contributed by atoms with Crippen LogP contribution in [0.3, 0.4) is 0 Å². The average Bonchev–Trinajstić information content (AvgIpc) is 3.29. The van der Waals surface area contributed by atoms with Crippen LogP contribution in [0.1, 0.15) is 17.5 Å². The van der Waals surface area contributed by atoms with E-state index in [0.717, 1.165) is 67.2 Å². The van der Waals surface area contributed by atoms with Crippen LogP contribution in [0, 0.1) is 18.3 Å². The number of halogens is 3. The number of aryl methyl sites for hydroxylation is 1. The van der Waals surface area contributed by atoms with Crippen LogP contribution in [-0.2, 0) is 0 Å². The van der Waals surface area contributed by atoms with Gasteiger partial charge < -0.3 is 24.6 Å². The molecular weight excluding hydrogens is 529 g/mol. The Labute approximate surface area is 227 Å². The minimum atomic E-state index is -4.78. The van der Waals surface area contributed by atoms with E-state index in [1.807, 2.05) is 19.1 Å². The Morgan fingerprint density at radius 1 is 1.13 bits per heavy atom. The third-order valence-electron chi connectivity index (χ3n) is 6.58. The first-order valence-electron chi connectivity index (χ1n) is 12.5. The summed E-state index contributed by atoms with van der Waals surface area (Å²) < 4.78 is 48.4. The summed E-state index contributed by atoms with van der Waals surface area (Å²) >= 11 is 1.16. The van der Waals surface area contributed by atoms with Crippen molar-refractivity contribution in [2.75, 3.05) is 51.7 Å². The van der Waals surface area contributed by atoms with E-state index in [1.54, 1.807) is 0 Å². The number of ether oxygens (including phenoxy) is 2. The zero-order valence-electron chi connectivity index (χ0n) is 21.5. The molecule has 5 rings (SSSR count). The summed E-state index contributed by atoms with van der Waals surface area (Å²) in [6, 6.07) is 9.92. The number of benzene rings is 2. The maximum Gasteiger partial charge on any atom is 0.573 e. The lowest BCUT2D eigenvalue weighted by atomic mass is 10.1. The van der Waals surface area contributed by atoms with Crippen molar-refractivity contribution in [2.24, 2.45) is 0 Å². The second-order valence-corrected chi connectivity index (χ2v) is 10.5. The molecule has 0 atom stereocenters. The summed E-state index contributed by atoms with van der Waals surface area (Å²) in [7, 11) is 2.14. The number of hydrogen-bond donors (Lipinski definition) is 1. The SMILES string of the molecule is Cc1cc2c(Nc3nc4ccc(OC(F)(F)F)cc4s3)c(C#N)cnc2cc1OCCCN1CCN(C)CC1. The van der Waals surface area contributed by atoms with Crippen LogP contribution in [0.4, 0.5) is 24.0 Å². The molecule has 0 amide bonds. The van der Waals surface area contributed by atoms with Crippen molar-refractivity contribution >= 4 is 43.3 Å². The number of fused-ring (bicyclic) bond motifs is 2. The Morgan fingerprint density at radius 2 is 1.92 bits per heavy atom. The molecule has 0 aliphatic carbocycles. The molecule has 1 fully saturated rings. The monoisotopic (exact) mass is 556 g/mol. The Morgan fingerprint density at radius 3 is 2.67 bits per heavy atom. The summed E-state index contributed by atoms with van der Waals surface area (Å²) in [6.07, 6.45) is -2.37. The minimum Gasteiger partial charge on any atom is -0.493 e. The van der Waals surface area contributed by atoms with E-state index in [-0.39, 0.29) is 5.75 Å². The molecule has 4 aromatic rings. The van der Waals surface area contributed by atoms with Crippen molar-refractivity contribution in [3.8, 4) is 17.6 Å². The maximum atomic E-state index is 12.6. The molecule has 39 heavy (non-hydrogen) atoms. The van der Waals surface area contributed by atoms with Crippen LogP contribution in [0.15, 0.2) is 36.5 Å². The molecule has 0 unspecified atom stereocenters. The number of aromatic nitrogens is 2. The molecule has 1 N–H and O–H groups in total. The van der Waals surface area contributed by atoms with Crippen molar-refractivity contribution in [3.63, 3.8) is 0 Å². The molecule has 0 spiro atoms. The van der Waals surface area contributed by atoms with Crippen molar-refractivity contribution in [1.82, 2.24) is 19.8 Å². The van der Waals surface area contributed by atoms with Crippen molar-refractivity contribution in [3.05, 3.63) is 47.7 Å². The molecule has 0 saturated carbocycles. The van der Waals surface area contributed by atoms with Gasteiger partial charge in [-0.25, -0.2) is 4.98 Å². The highest BCUT2D eigenvalue weighted by Gasteiger charge is 2.31. The Bertz CT molecular complexity index is 1530. The lowest BCUT2D eigenvalue weighted by molar-refractivity contribution is -0.274. The third kappa shape index (κ3) is 6.50. The molecule has 3 heterocycles. The second kappa shape index (κ2) is 11.2. The van der Waals surface area contributed by atoms with Gasteiger partial charge in [0.05, 0.1) is 33.6 Å². The van der Waals surface area contributed by atoms with E-state index in [0.29, 0.717) is 38.7 Å². The van der Waals surface area contributed by atoms with Gasteiger partial charge in [-0.15, -0.1) is 13.2 Å². The first-order chi connectivity index (χ1) is 18.7. The van der Waals surface area contributed by atoms with Gasteiger partial charge in [0.25, 0.3) is 0 Å². The highest BCUT2D eigenvalue weighted by atomic mass is 32.1. The van der Waals surface area contributed by atoms with Gasteiger partial charge in [-0.1, -0.05) is 11.3 Å². The van der Waals surface area contributed by atoms with E-state index < -0.39 is 6.36 Å². The zero-order chi connectivity index (χ0) is 27.6. The van der Waals surface area contributed by atoms with Gasteiger partial charge in [-0.05, 0) is 44.2 Å². The Balaban J connectivity index is 1.33. The average molecular weight is 557 g/mol. The van der Waals surface area contributed by atoms with E-state index in [4.69, 9.17) is 4.74 Å². The van der Waals surface area contributed by atoms with Crippen LogP contribution in [0.5, 0.6) is 11.5 Å². The van der Waals surface area contributed by atoms with Gasteiger partial charge in [-0.2, -0.15) is 5.26 Å². The summed E-state index contributed by atoms with van der Waals surface area (Å²) in [5.41, 5.74) is 2.91. The number of nitriles is 1. The van der Waals surface area contributed by atoms with Crippen molar-refractivity contribution in [2.45, 2.75) is 19.7 Å². The molecule has 0 bridgehead atoms. The Hall–Kier alpha value is -3.66. The van der Waals surface area contributed by atoms with Gasteiger partial charge in [0, 0.05) is 56.4 Å². The molecule has 1 aliphatic rings. The third-order valence-corrected chi connectivity index (χ3v) is 7.52. The fraction of sp³-hybridized carbons (Fsp3) is 0.370. The molecule has 2 aromatic heterocycles. The fourth-order valence-electron chi connectivity index (χ4n) is 4.51. The lowest BCUT2D eigenvalue weighted by Gasteiger charge is -2.32. The zero-order valence-corrected chi connectivity index (χ0v) is 22.3. The van der Waals surface area contributed by atoms with Crippen LogP contribution >= 0.6 is 11.3 Å². The molecule has 12 heteroatoms. The van der Waals surface area contributed by atoms with Gasteiger partial charge in [0.2, 0.25) is 0 Å². The topological polar surface area (TPSA) is 86.5 Å². The number of rotatable bonds is 8. The van der Waals surface area contributed by atoms with Gasteiger partial charge in [0.1, 0.15) is 17.6 Å². The molecule has 204 valence electrons. The maximum absolute atomic E-state index is 12.6. The molecule has 1 saturated heterocycles. The summed E-state index contributed by atoms with van der Waals surface area (Å²) in [4.78, 5) is 13.7. The predicted molar refractivity (Wildman–Crippen MR) is 145 cm³/mol. The molecule has 0 radical (unpaired) electrons. The number of thiazole rings is 1. The van der Waals surface area contributed by atoms with Crippen LogP contribution in [0.2, 0.25) is 0 Å².